The van der Waals surface area contributed by atoms with Gasteiger partial charge in [0.2, 0.25) is 5.88 Å². The Kier molecular flexibility index (Phi) is 5.33. The Morgan fingerprint density at radius 2 is 1.62 bits per heavy atom. The number of aryl methyl sites for hydroxylation is 1. The molecule has 0 aliphatic heterocycles. The summed E-state index contributed by atoms with van der Waals surface area (Å²) in [5, 5.41) is 0.823. The van der Waals surface area contributed by atoms with Crippen molar-refractivity contribution in [3.8, 4) is 5.88 Å². The summed E-state index contributed by atoms with van der Waals surface area (Å²) in [6.07, 6.45) is 1.79. The summed E-state index contributed by atoms with van der Waals surface area (Å²) >= 11 is 0. The Balaban J connectivity index is 1.65. The summed E-state index contributed by atoms with van der Waals surface area (Å²) in [7, 11) is -3.90. The zero-order valence-electron chi connectivity index (χ0n) is 15.8. The fourth-order valence-electron chi connectivity index (χ4n) is 3.09. The second kappa shape index (κ2) is 8.06. The molecule has 4 aromatic rings. The van der Waals surface area contributed by atoms with Gasteiger partial charge in [0, 0.05) is 11.6 Å². The molecule has 0 aliphatic carbocycles. The third-order valence-corrected chi connectivity index (χ3v) is 5.85. The Morgan fingerprint density at radius 1 is 0.931 bits per heavy atom. The van der Waals surface area contributed by atoms with E-state index in [1.807, 2.05) is 43.3 Å². The molecule has 4 rings (SSSR count). The maximum absolute atomic E-state index is 12.5. The molecule has 0 bridgehead atoms. The van der Waals surface area contributed by atoms with Gasteiger partial charge in [-0.3, -0.25) is 4.18 Å². The zero-order valence-corrected chi connectivity index (χ0v) is 16.6. The largest absolute Gasteiger partial charge is 0.473 e. The van der Waals surface area contributed by atoms with Crippen LogP contribution < -0.4 is 4.74 Å². The maximum atomic E-state index is 12.5. The maximum Gasteiger partial charge on any atom is 0.297 e. The van der Waals surface area contributed by atoms with E-state index >= 15 is 0 Å². The van der Waals surface area contributed by atoms with Gasteiger partial charge in [-0.15, -0.1) is 0 Å². The van der Waals surface area contributed by atoms with Crippen molar-refractivity contribution < 1.29 is 17.3 Å². The normalized spacial score (nSPS) is 11.6. The highest BCUT2D eigenvalue weighted by molar-refractivity contribution is 7.86. The Morgan fingerprint density at radius 3 is 2.34 bits per heavy atom. The molecule has 0 aliphatic rings. The van der Waals surface area contributed by atoms with Crippen LogP contribution in [0.5, 0.6) is 5.88 Å². The third-order valence-electron chi connectivity index (χ3n) is 4.57. The summed E-state index contributed by atoms with van der Waals surface area (Å²) < 4.78 is 36.4. The van der Waals surface area contributed by atoms with Crippen LogP contribution in [0.1, 0.15) is 16.8 Å². The van der Waals surface area contributed by atoms with Crippen LogP contribution in [-0.4, -0.2) is 18.4 Å². The summed E-state index contributed by atoms with van der Waals surface area (Å²) in [6, 6.07) is 19.6. The summed E-state index contributed by atoms with van der Waals surface area (Å²) in [5.41, 5.74) is 3.17. The molecule has 2 aromatic carbocycles. The van der Waals surface area contributed by atoms with Crippen molar-refractivity contribution in [3.63, 3.8) is 0 Å². The van der Waals surface area contributed by atoms with Crippen LogP contribution in [0, 0.1) is 6.92 Å². The van der Waals surface area contributed by atoms with Crippen molar-refractivity contribution in [2.75, 3.05) is 0 Å². The first-order valence-corrected chi connectivity index (χ1v) is 10.5. The number of aromatic amines is 1. The Bertz CT molecular complexity index is 1220. The standard InChI is InChI=1S/C22H20N2O4S/c1-16-21-19(12-13-23-21)20(15-28-29(25,26)18-10-6-3-7-11-18)22(24-16)27-14-17-8-4-2-5-9-17/h2-13,23H,14-15H2,1H3. The number of ether oxygens (including phenoxy) is 1. The lowest BCUT2D eigenvalue weighted by Crippen LogP contribution is -2.09. The number of hydrogen-bond donors (Lipinski definition) is 1. The molecule has 0 spiro atoms. The van der Waals surface area contributed by atoms with Crippen LogP contribution in [0.3, 0.4) is 0 Å². The monoisotopic (exact) mass is 408 g/mol. The highest BCUT2D eigenvalue weighted by Crippen LogP contribution is 2.30. The molecule has 7 heteroatoms. The van der Waals surface area contributed by atoms with Crippen molar-refractivity contribution in [2.45, 2.75) is 25.0 Å². The molecule has 0 amide bonds. The van der Waals surface area contributed by atoms with Crippen LogP contribution in [-0.2, 0) is 27.5 Å². The molecule has 0 saturated carbocycles. The Labute approximate surface area is 169 Å². The van der Waals surface area contributed by atoms with Gasteiger partial charge in [-0.05, 0) is 30.7 Å². The van der Waals surface area contributed by atoms with Gasteiger partial charge in [0.1, 0.15) is 6.61 Å². The summed E-state index contributed by atoms with van der Waals surface area (Å²) in [6.45, 7) is 2.02. The molecule has 0 fully saturated rings. The topological polar surface area (TPSA) is 81.3 Å². The van der Waals surface area contributed by atoms with E-state index in [-0.39, 0.29) is 11.5 Å². The first-order chi connectivity index (χ1) is 14.0. The number of rotatable bonds is 7. The molecule has 0 radical (unpaired) electrons. The summed E-state index contributed by atoms with van der Waals surface area (Å²) in [4.78, 5) is 7.78. The minimum atomic E-state index is -3.90. The second-order valence-electron chi connectivity index (χ2n) is 6.55. The number of hydrogen-bond acceptors (Lipinski definition) is 5. The van der Waals surface area contributed by atoms with Crippen molar-refractivity contribution >= 4 is 21.0 Å². The van der Waals surface area contributed by atoms with E-state index in [9.17, 15) is 8.42 Å². The van der Waals surface area contributed by atoms with Gasteiger partial charge in [-0.2, -0.15) is 8.42 Å². The van der Waals surface area contributed by atoms with Crippen LogP contribution in [0.15, 0.2) is 77.8 Å². The predicted molar refractivity (Wildman–Crippen MR) is 110 cm³/mol. The number of nitrogens with one attached hydrogen (secondary N) is 1. The number of nitrogens with zero attached hydrogens (tertiary/aromatic N) is 1. The van der Waals surface area contributed by atoms with Gasteiger partial charge in [-0.25, -0.2) is 4.98 Å². The average molecular weight is 408 g/mol. The summed E-state index contributed by atoms with van der Waals surface area (Å²) in [5.74, 6) is 0.363. The van der Waals surface area contributed by atoms with Crippen LogP contribution >= 0.6 is 0 Å². The van der Waals surface area contributed by atoms with Gasteiger partial charge < -0.3 is 9.72 Å². The quantitative estimate of drug-likeness (QED) is 0.460. The molecule has 0 saturated heterocycles. The fraction of sp³-hybridized carbons (Fsp3) is 0.136. The van der Waals surface area contributed by atoms with Gasteiger partial charge in [-0.1, -0.05) is 48.5 Å². The molecule has 148 valence electrons. The van der Waals surface area contributed by atoms with Gasteiger partial charge >= 0.3 is 0 Å². The number of H-pyrrole nitrogens is 1. The molecule has 0 atom stereocenters. The van der Waals surface area contributed by atoms with Crippen molar-refractivity contribution in [2.24, 2.45) is 0 Å². The average Bonchev–Trinajstić information content (AvgIpc) is 3.24. The molecule has 1 N–H and O–H groups in total. The van der Waals surface area contributed by atoms with Crippen LogP contribution in [0.25, 0.3) is 10.9 Å². The van der Waals surface area contributed by atoms with Crippen molar-refractivity contribution in [3.05, 3.63) is 89.7 Å². The first-order valence-electron chi connectivity index (χ1n) is 9.12. The van der Waals surface area contributed by atoms with E-state index in [1.54, 1.807) is 24.4 Å². The van der Waals surface area contributed by atoms with Crippen LogP contribution in [0.4, 0.5) is 0 Å². The van der Waals surface area contributed by atoms with Crippen molar-refractivity contribution in [1.29, 1.82) is 0 Å². The van der Waals surface area contributed by atoms with Gasteiger partial charge in [0.15, 0.2) is 0 Å². The highest BCUT2D eigenvalue weighted by atomic mass is 32.2. The Hall–Kier alpha value is -3.16. The number of aromatic nitrogens is 2. The number of benzene rings is 2. The first kappa shape index (κ1) is 19.2. The smallest absolute Gasteiger partial charge is 0.297 e. The lowest BCUT2D eigenvalue weighted by atomic mass is 10.1. The molecule has 29 heavy (non-hydrogen) atoms. The molecular formula is C22H20N2O4S. The number of pyridine rings is 1. The minimum Gasteiger partial charge on any atom is -0.473 e. The minimum absolute atomic E-state index is 0.108. The molecule has 2 aromatic heterocycles. The highest BCUT2D eigenvalue weighted by Gasteiger charge is 2.20. The van der Waals surface area contributed by atoms with E-state index < -0.39 is 10.1 Å². The second-order valence-corrected chi connectivity index (χ2v) is 8.17. The molecule has 2 heterocycles. The van der Waals surface area contributed by atoms with Gasteiger partial charge in [0.05, 0.1) is 28.3 Å². The third kappa shape index (κ3) is 4.16. The molecule has 0 unspecified atom stereocenters. The lowest BCUT2D eigenvalue weighted by Gasteiger charge is -2.14. The molecule has 6 nitrogen and oxygen atoms in total. The number of fused-ring (bicyclic) bond motifs is 1. The van der Waals surface area contributed by atoms with E-state index in [2.05, 4.69) is 9.97 Å². The van der Waals surface area contributed by atoms with E-state index in [4.69, 9.17) is 8.92 Å². The van der Waals surface area contributed by atoms with E-state index in [0.29, 0.717) is 18.1 Å². The lowest BCUT2D eigenvalue weighted by molar-refractivity contribution is 0.268. The van der Waals surface area contributed by atoms with E-state index in [1.165, 1.54) is 12.1 Å². The van der Waals surface area contributed by atoms with Gasteiger partial charge in [0.25, 0.3) is 10.1 Å². The zero-order chi connectivity index (χ0) is 20.3. The SMILES string of the molecule is Cc1nc(OCc2ccccc2)c(COS(=O)(=O)c2ccccc2)c2cc[nH]c12. The van der Waals surface area contributed by atoms with Crippen LogP contribution in [0.2, 0.25) is 0 Å². The predicted octanol–water partition coefficient (Wildman–Crippen LogP) is 4.36. The van der Waals surface area contributed by atoms with E-state index in [0.717, 1.165) is 22.2 Å². The molecular weight excluding hydrogens is 388 g/mol. The van der Waals surface area contributed by atoms with Crippen molar-refractivity contribution in [1.82, 2.24) is 9.97 Å². The fourth-order valence-corrected chi connectivity index (χ4v) is 3.99.